The number of aromatic hydroxyl groups is 1. The monoisotopic (exact) mass is 387 g/mol. The standard InChI is InChI=1S/C26H29NO2/c1-5-6-7-9-18-15-22-24(25(28)23(18)19-10-8-13-27-16-19)20-14-17(2)11-12-21(20)26(3,4)29-22/h8,10-16,28H,5-7,9H2,1-4H3. The lowest BCUT2D eigenvalue weighted by Gasteiger charge is -2.36. The highest BCUT2D eigenvalue weighted by molar-refractivity contribution is 5.90. The van der Waals surface area contributed by atoms with E-state index >= 15 is 0 Å². The number of benzene rings is 2. The number of aryl methyl sites for hydroxylation is 2. The van der Waals surface area contributed by atoms with E-state index in [1.165, 1.54) is 12.0 Å². The van der Waals surface area contributed by atoms with Gasteiger partial charge < -0.3 is 9.84 Å². The number of rotatable bonds is 5. The largest absolute Gasteiger partial charge is 0.506 e. The molecule has 0 aliphatic carbocycles. The molecule has 0 amide bonds. The summed E-state index contributed by atoms with van der Waals surface area (Å²) in [5, 5.41) is 11.5. The fourth-order valence-corrected chi connectivity index (χ4v) is 4.35. The zero-order valence-corrected chi connectivity index (χ0v) is 17.7. The average Bonchev–Trinajstić information content (AvgIpc) is 2.68. The van der Waals surface area contributed by atoms with Crippen LogP contribution in [-0.4, -0.2) is 10.1 Å². The van der Waals surface area contributed by atoms with Crippen molar-refractivity contribution in [3.63, 3.8) is 0 Å². The topological polar surface area (TPSA) is 42.4 Å². The highest BCUT2D eigenvalue weighted by atomic mass is 16.5. The number of pyridine rings is 1. The van der Waals surface area contributed by atoms with E-state index in [1.807, 2.05) is 18.3 Å². The van der Waals surface area contributed by atoms with Crippen LogP contribution in [-0.2, 0) is 12.0 Å². The first-order valence-corrected chi connectivity index (χ1v) is 10.5. The van der Waals surface area contributed by atoms with Gasteiger partial charge in [0, 0.05) is 29.1 Å². The first-order valence-electron chi connectivity index (χ1n) is 10.5. The molecule has 4 rings (SSSR count). The summed E-state index contributed by atoms with van der Waals surface area (Å²) in [6.07, 6.45) is 7.91. The number of ether oxygens (including phenoxy) is 1. The van der Waals surface area contributed by atoms with Crippen LogP contribution in [0.1, 0.15) is 56.7 Å². The quantitative estimate of drug-likeness (QED) is 0.490. The molecular weight excluding hydrogens is 358 g/mol. The molecular formula is C26H29NO2. The van der Waals surface area contributed by atoms with Crippen molar-refractivity contribution in [1.29, 1.82) is 0 Å². The Bertz CT molecular complexity index is 1040. The predicted octanol–water partition coefficient (Wildman–Crippen LogP) is 6.79. The lowest BCUT2D eigenvalue weighted by atomic mass is 9.82. The Labute approximate surface area is 173 Å². The van der Waals surface area contributed by atoms with Crippen molar-refractivity contribution in [2.24, 2.45) is 0 Å². The molecule has 1 aliphatic heterocycles. The van der Waals surface area contributed by atoms with Crippen molar-refractivity contribution in [3.8, 4) is 33.8 Å². The smallest absolute Gasteiger partial charge is 0.135 e. The van der Waals surface area contributed by atoms with E-state index in [0.29, 0.717) is 5.75 Å². The summed E-state index contributed by atoms with van der Waals surface area (Å²) in [4.78, 5) is 4.29. The van der Waals surface area contributed by atoms with Gasteiger partial charge in [0.15, 0.2) is 0 Å². The molecule has 0 saturated carbocycles. The summed E-state index contributed by atoms with van der Waals surface area (Å²) in [6, 6.07) is 12.4. The highest BCUT2D eigenvalue weighted by Gasteiger charge is 2.35. The lowest BCUT2D eigenvalue weighted by molar-refractivity contribution is 0.105. The van der Waals surface area contributed by atoms with Crippen LogP contribution in [0.3, 0.4) is 0 Å². The number of hydrogen-bond donors (Lipinski definition) is 1. The molecule has 3 nitrogen and oxygen atoms in total. The summed E-state index contributed by atoms with van der Waals surface area (Å²) in [5.41, 5.74) is 6.61. The third-order valence-corrected chi connectivity index (χ3v) is 5.80. The van der Waals surface area contributed by atoms with Crippen LogP contribution < -0.4 is 4.74 Å². The number of phenols is 1. The Kier molecular flexibility index (Phi) is 5.08. The van der Waals surface area contributed by atoms with Gasteiger partial charge in [-0.1, -0.05) is 49.6 Å². The number of aromatic nitrogens is 1. The maximum atomic E-state index is 11.5. The van der Waals surface area contributed by atoms with Crippen molar-refractivity contribution in [2.45, 2.75) is 59.0 Å². The molecule has 0 unspecified atom stereocenters. The van der Waals surface area contributed by atoms with Crippen LogP contribution in [0.15, 0.2) is 48.8 Å². The van der Waals surface area contributed by atoms with Crippen LogP contribution >= 0.6 is 0 Å². The van der Waals surface area contributed by atoms with Gasteiger partial charge in [0.1, 0.15) is 17.1 Å². The zero-order chi connectivity index (χ0) is 20.6. The molecule has 0 fully saturated rings. The third kappa shape index (κ3) is 3.50. The minimum atomic E-state index is -0.445. The number of nitrogens with zero attached hydrogens (tertiary/aromatic N) is 1. The second kappa shape index (κ2) is 7.55. The summed E-state index contributed by atoms with van der Waals surface area (Å²) in [5.74, 6) is 1.06. The van der Waals surface area contributed by atoms with E-state index in [0.717, 1.165) is 58.4 Å². The minimum absolute atomic E-state index is 0.296. The van der Waals surface area contributed by atoms with Crippen molar-refractivity contribution in [1.82, 2.24) is 4.98 Å². The van der Waals surface area contributed by atoms with E-state index in [4.69, 9.17) is 4.74 Å². The average molecular weight is 388 g/mol. The normalized spacial score (nSPS) is 14.1. The molecule has 2 heterocycles. The Hall–Kier alpha value is -2.81. The summed E-state index contributed by atoms with van der Waals surface area (Å²) in [6.45, 7) is 8.47. The molecule has 1 N–H and O–H groups in total. The van der Waals surface area contributed by atoms with E-state index in [2.05, 4.69) is 56.9 Å². The predicted molar refractivity (Wildman–Crippen MR) is 118 cm³/mol. The Balaban J connectivity index is 1.98. The van der Waals surface area contributed by atoms with Gasteiger partial charge in [0.2, 0.25) is 0 Å². The minimum Gasteiger partial charge on any atom is -0.506 e. The molecule has 29 heavy (non-hydrogen) atoms. The van der Waals surface area contributed by atoms with Crippen molar-refractivity contribution < 1.29 is 9.84 Å². The van der Waals surface area contributed by atoms with E-state index in [9.17, 15) is 5.11 Å². The SMILES string of the molecule is CCCCCc1cc2c(c(O)c1-c1cccnc1)-c1cc(C)ccc1C(C)(C)O2. The fourth-order valence-electron chi connectivity index (χ4n) is 4.35. The maximum absolute atomic E-state index is 11.5. The van der Waals surface area contributed by atoms with Crippen molar-refractivity contribution in [3.05, 3.63) is 65.5 Å². The van der Waals surface area contributed by atoms with Crippen LogP contribution in [0.4, 0.5) is 0 Å². The van der Waals surface area contributed by atoms with Gasteiger partial charge in [-0.3, -0.25) is 4.98 Å². The maximum Gasteiger partial charge on any atom is 0.135 e. The van der Waals surface area contributed by atoms with Crippen molar-refractivity contribution in [2.75, 3.05) is 0 Å². The van der Waals surface area contributed by atoms with Gasteiger partial charge in [-0.05, 0) is 56.9 Å². The molecule has 3 aromatic rings. The summed E-state index contributed by atoms with van der Waals surface area (Å²) < 4.78 is 6.43. The Morgan fingerprint density at radius 1 is 1.07 bits per heavy atom. The van der Waals surface area contributed by atoms with E-state index in [-0.39, 0.29) is 0 Å². The molecule has 3 heteroatoms. The molecule has 1 aliphatic rings. The van der Waals surface area contributed by atoms with Gasteiger partial charge in [0.25, 0.3) is 0 Å². The van der Waals surface area contributed by atoms with Crippen LogP contribution in [0, 0.1) is 6.92 Å². The molecule has 0 spiro atoms. The van der Waals surface area contributed by atoms with Gasteiger partial charge in [-0.2, -0.15) is 0 Å². The first-order chi connectivity index (χ1) is 13.9. The number of unbranched alkanes of at least 4 members (excludes halogenated alkanes) is 2. The number of hydrogen-bond acceptors (Lipinski definition) is 3. The Morgan fingerprint density at radius 3 is 2.62 bits per heavy atom. The second-order valence-corrected chi connectivity index (χ2v) is 8.49. The number of phenolic OH excluding ortho intramolecular Hbond substituents is 1. The molecule has 150 valence electrons. The van der Waals surface area contributed by atoms with Crippen LogP contribution in [0.5, 0.6) is 11.5 Å². The van der Waals surface area contributed by atoms with Crippen LogP contribution in [0.2, 0.25) is 0 Å². The molecule has 1 aromatic heterocycles. The van der Waals surface area contributed by atoms with Crippen molar-refractivity contribution >= 4 is 0 Å². The highest BCUT2D eigenvalue weighted by Crippen LogP contribution is 2.53. The molecule has 0 atom stereocenters. The molecule has 0 saturated heterocycles. The van der Waals surface area contributed by atoms with Gasteiger partial charge in [-0.25, -0.2) is 0 Å². The van der Waals surface area contributed by atoms with E-state index < -0.39 is 5.60 Å². The fraction of sp³-hybridized carbons (Fsp3) is 0.346. The van der Waals surface area contributed by atoms with Gasteiger partial charge in [0.05, 0.1) is 5.56 Å². The Morgan fingerprint density at radius 2 is 1.90 bits per heavy atom. The van der Waals surface area contributed by atoms with Gasteiger partial charge >= 0.3 is 0 Å². The van der Waals surface area contributed by atoms with Gasteiger partial charge in [-0.15, -0.1) is 0 Å². The van der Waals surface area contributed by atoms with E-state index in [1.54, 1.807) is 6.20 Å². The number of fused-ring (bicyclic) bond motifs is 3. The zero-order valence-electron chi connectivity index (χ0n) is 17.7. The van der Waals surface area contributed by atoms with Crippen LogP contribution in [0.25, 0.3) is 22.3 Å². The molecule has 2 aromatic carbocycles. The molecule has 0 bridgehead atoms. The third-order valence-electron chi connectivity index (χ3n) is 5.80. The first kappa shape index (κ1) is 19.5. The lowest BCUT2D eigenvalue weighted by Crippen LogP contribution is -2.29. The second-order valence-electron chi connectivity index (χ2n) is 8.49. The summed E-state index contributed by atoms with van der Waals surface area (Å²) in [7, 11) is 0. The molecule has 0 radical (unpaired) electrons. The summed E-state index contributed by atoms with van der Waals surface area (Å²) >= 11 is 0.